The van der Waals surface area contributed by atoms with Crippen molar-refractivity contribution in [3.05, 3.63) is 64.6 Å². The van der Waals surface area contributed by atoms with Crippen molar-refractivity contribution in [1.82, 2.24) is 9.80 Å². The molecule has 6 heteroatoms. The Morgan fingerprint density at radius 1 is 0.929 bits per heavy atom. The van der Waals surface area contributed by atoms with Gasteiger partial charge in [0.25, 0.3) is 0 Å². The summed E-state index contributed by atoms with van der Waals surface area (Å²) in [4.78, 5) is 31.8. The van der Waals surface area contributed by atoms with Crippen LogP contribution in [0.25, 0.3) is 0 Å². The van der Waals surface area contributed by atoms with Gasteiger partial charge in [-0.3, -0.25) is 14.5 Å². The molecule has 5 nitrogen and oxygen atoms in total. The highest BCUT2D eigenvalue weighted by molar-refractivity contribution is 9.10. The van der Waals surface area contributed by atoms with Crippen molar-refractivity contribution < 1.29 is 9.59 Å². The molecule has 0 radical (unpaired) electrons. The summed E-state index contributed by atoms with van der Waals surface area (Å²) < 4.78 is 0.976. The minimum absolute atomic E-state index is 0.0102. The fraction of sp³-hybridized carbons (Fsp3) is 0.364. The Morgan fingerprint density at radius 2 is 1.61 bits per heavy atom. The molecule has 0 unspecified atom stereocenters. The summed E-state index contributed by atoms with van der Waals surface area (Å²) in [5, 5.41) is 0. The summed E-state index contributed by atoms with van der Waals surface area (Å²) in [6.07, 6.45) is 0.595. The number of carbonyl (C=O) groups excluding carboxylic acids is 2. The number of hydrogen-bond acceptors (Lipinski definition) is 3. The van der Waals surface area contributed by atoms with Gasteiger partial charge in [-0.2, -0.15) is 0 Å². The fourth-order valence-corrected chi connectivity index (χ4v) is 4.24. The van der Waals surface area contributed by atoms with E-state index in [0.717, 1.165) is 29.8 Å². The predicted molar refractivity (Wildman–Crippen MR) is 113 cm³/mol. The van der Waals surface area contributed by atoms with Crippen LogP contribution in [0, 0.1) is 5.92 Å². The zero-order chi connectivity index (χ0) is 19.5. The zero-order valence-corrected chi connectivity index (χ0v) is 17.3. The van der Waals surface area contributed by atoms with Gasteiger partial charge in [0.2, 0.25) is 11.8 Å². The Labute approximate surface area is 174 Å². The van der Waals surface area contributed by atoms with Gasteiger partial charge in [-0.1, -0.05) is 46.3 Å². The second-order valence-corrected chi connectivity index (χ2v) is 8.31. The van der Waals surface area contributed by atoms with Crippen molar-refractivity contribution >= 4 is 33.4 Å². The second kappa shape index (κ2) is 8.45. The molecule has 0 saturated carbocycles. The molecule has 0 spiro atoms. The fourth-order valence-electron chi connectivity index (χ4n) is 3.97. The maximum atomic E-state index is 13.0. The summed E-state index contributed by atoms with van der Waals surface area (Å²) in [5.74, 6) is -0.618. The van der Waals surface area contributed by atoms with E-state index in [1.165, 1.54) is 5.56 Å². The van der Waals surface area contributed by atoms with Crippen LogP contribution in [0.4, 0.5) is 5.69 Å². The van der Waals surface area contributed by atoms with E-state index in [9.17, 15) is 9.59 Å². The number of benzene rings is 2. The summed E-state index contributed by atoms with van der Waals surface area (Å²) in [6, 6.07) is 18.1. The van der Waals surface area contributed by atoms with E-state index in [0.29, 0.717) is 26.1 Å². The van der Waals surface area contributed by atoms with Gasteiger partial charge in [0.15, 0.2) is 0 Å². The van der Waals surface area contributed by atoms with Gasteiger partial charge in [-0.15, -0.1) is 0 Å². The molecular formula is C22H24BrN3O2. The Hall–Kier alpha value is -2.18. The molecule has 0 aromatic heterocycles. The smallest absolute Gasteiger partial charge is 0.239 e. The third-order valence-corrected chi connectivity index (χ3v) is 6.10. The molecule has 4 rings (SSSR count). The van der Waals surface area contributed by atoms with Gasteiger partial charge in [0.1, 0.15) is 5.92 Å². The average Bonchev–Trinajstić information content (AvgIpc) is 3.11. The highest BCUT2D eigenvalue weighted by Crippen LogP contribution is 2.28. The number of hydrogen-bond donors (Lipinski definition) is 0. The molecule has 2 aromatic rings. The van der Waals surface area contributed by atoms with Gasteiger partial charge >= 0.3 is 0 Å². The van der Waals surface area contributed by atoms with Gasteiger partial charge in [0, 0.05) is 49.4 Å². The lowest BCUT2D eigenvalue weighted by atomic mass is 10.1. The van der Waals surface area contributed by atoms with Crippen LogP contribution in [0.1, 0.15) is 12.0 Å². The van der Waals surface area contributed by atoms with Crippen LogP contribution in [0.15, 0.2) is 59.1 Å². The van der Waals surface area contributed by atoms with Crippen molar-refractivity contribution in [3.63, 3.8) is 0 Å². The quantitative estimate of drug-likeness (QED) is 0.684. The van der Waals surface area contributed by atoms with E-state index in [1.54, 1.807) is 4.90 Å². The molecule has 0 aliphatic carbocycles. The Morgan fingerprint density at radius 3 is 2.29 bits per heavy atom. The second-order valence-electron chi connectivity index (χ2n) is 7.39. The lowest BCUT2D eigenvalue weighted by molar-refractivity contribution is -0.141. The first-order valence-corrected chi connectivity index (χ1v) is 10.5. The lowest BCUT2D eigenvalue weighted by Gasteiger charge is -2.35. The van der Waals surface area contributed by atoms with E-state index in [2.05, 4.69) is 45.1 Å². The molecule has 2 aliphatic heterocycles. The topological polar surface area (TPSA) is 43.9 Å². The molecule has 2 fully saturated rings. The maximum Gasteiger partial charge on any atom is 0.239 e. The molecule has 2 amide bonds. The van der Waals surface area contributed by atoms with Crippen molar-refractivity contribution in [2.24, 2.45) is 5.92 Å². The Kier molecular flexibility index (Phi) is 5.78. The maximum absolute atomic E-state index is 13.0. The molecule has 2 aromatic carbocycles. The van der Waals surface area contributed by atoms with E-state index in [4.69, 9.17) is 0 Å². The number of amides is 2. The molecule has 0 bridgehead atoms. The van der Waals surface area contributed by atoms with Crippen LogP contribution in [-0.2, 0) is 16.1 Å². The number of halogens is 1. The molecule has 2 aliphatic rings. The monoisotopic (exact) mass is 441 g/mol. The minimum atomic E-state index is -0.538. The van der Waals surface area contributed by atoms with Crippen LogP contribution in [0.3, 0.4) is 0 Å². The Bertz CT molecular complexity index is 833. The van der Waals surface area contributed by atoms with Gasteiger partial charge in [0.05, 0.1) is 0 Å². The number of nitrogens with zero attached hydrogens (tertiary/aromatic N) is 3. The van der Waals surface area contributed by atoms with Crippen LogP contribution < -0.4 is 4.90 Å². The summed E-state index contributed by atoms with van der Waals surface area (Å²) in [5.41, 5.74) is 2.15. The lowest BCUT2D eigenvalue weighted by Crippen LogP contribution is -2.51. The van der Waals surface area contributed by atoms with Crippen molar-refractivity contribution in [3.8, 4) is 0 Å². The highest BCUT2D eigenvalue weighted by Gasteiger charge is 2.40. The minimum Gasteiger partial charge on any atom is -0.339 e. The van der Waals surface area contributed by atoms with Crippen LogP contribution >= 0.6 is 15.9 Å². The molecule has 2 heterocycles. The van der Waals surface area contributed by atoms with E-state index in [-0.39, 0.29) is 11.8 Å². The van der Waals surface area contributed by atoms with Crippen LogP contribution in [-0.4, -0.2) is 54.3 Å². The third-order valence-electron chi connectivity index (χ3n) is 5.57. The number of piperazine rings is 1. The average molecular weight is 442 g/mol. The van der Waals surface area contributed by atoms with Crippen molar-refractivity contribution in [2.45, 2.75) is 13.0 Å². The number of anilines is 1. The summed E-state index contributed by atoms with van der Waals surface area (Å²) in [7, 11) is 0. The molecule has 1 atom stereocenters. The summed E-state index contributed by atoms with van der Waals surface area (Å²) >= 11 is 3.41. The van der Waals surface area contributed by atoms with E-state index in [1.807, 2.05) is 35.2 Å². The first-order valence-electron chi connectivity index (χ1n) is 9.74. The first-order chi connectivity index (χ1) is 13.6. The number of carbonyl (C=O) groups is 2. The van der Waals surface area contributed by atoms with E-state index >= 15 is 0 Å². The highest BCUT2D eigenvalue weighted by atomic mass is 79.9. The van der Waals surface area contributed by atoms with Gasteiger partial charge in [-0.25, -0.2) is 0 Å². The normalized spacial score (nSPS) is 20.6. The van der Waals surface area contributed by atoms with Crippen molar-refractivity contribution in [1.29, 1.82) is 0 Å². The standard InChI is InChI=1S/C22H24BrN3O2/c23-18-6-8-19(9-7-18)26-11-10-20(22(26)28)21(27)25-14-12-24(13-15-25)16-17-4-2-1-3-5-17/h1-9,20H,10-16H2/t20-/m0/s1. The van der Waals surface area contributed by atoms with Crippen LogP contribution in [0.2, 0.25) is 0 Å². The molecular weight excluding hydrogens is 418 g/mol. The Balaban J connectivity index is 1.33. The summed E-state index contributed by atoms with van der Waals surface area (Å²) in [6.45, 7) is 4.57. The molecule has 2 saturated heterocycles. The largest absolute Gasteiger partial charge is 0.339 e. The van der Waals surface area contributed by atoms with E-state index < -0.39 is 5.92 Å². The predicted octanol–water partition coefficient (Wildman–Crippen LogP) is 3.15. The van der Waals surface area contributed by atoms with Crippen molar-refractivity contribution in [2.75, 3.05) is 37.6 Å². The number of rotatable bonds is 4. The SMILES string of the molecule is O=C([C@@H]1CCN(c2ccc(Br)cc2)C1=O)N1CCN(Cc2ccccc2)CC1. The first kappa shape index (κ1) is 19.2. The van der Waals surface area contributed by atoms with Gasteiger partial charge in [-0.05, 0) is 36.2 Å². The molecule has 146 valence electrons. The molecule has 28 heavy (non-hydrogen) atoms. The van der Waals surface area contributed by atoms with Gasteiger partial charge < -0.3 is 9.80 Å². The molecule has 0 N–H and O–H groups in total. The van der Waals surface area contributed by atoms with Crippen LogP contribution in [0.5, 0.6) is 0 Å². The zero-order valence-electron chi connectivity index (χ0n) is 15.8. The third kappa shape index (κ3) is 4.13.